The second-order valence-corrected chi connectivity index (χ2v) is 8.20. The molecule has 0 saturated carbocycles. The minimum atomic E-state index is -3.60. The molecule has 162 valence electrons. The zero-order valence-corrected chi connectivity index (χ0v) is 17.9. The number of nitro benzene ring substituents is 1. The number of nitrogens with zero attached hydrogens (tertiary/aromatic N) is 2. The number of sulfonamides is 1. The normalized spacial score (nSPS) is 11.3. The van der Waals surface area contributed by atoms with Crippen molar-refractivity contribution in [3.05, 3.63) is 58.1 Å². The van der Waals surface area contributed by atoms with E-state index in [0.717, 1.165) is 0 Å². The van der Waals surface area contributed by atoms with Crippen LogP contribution in [0.4, 0.5) is 11.4 Å². The molecule has 0 aliphatic carbocycles. The predicted octanol–water partition coefficient (Wildman–Crippen LogP) is 3.32. The fraction of sp³-hybridized carbons (Fsp3) is 0.350. The smallest absolute Gasteiger partial charge is 0.296 e. The predicted molar refractivity (Wildman–Crippen MR) is 114 cm³/mol. The molecular weight excluding hydrogens is 410 g/mol. The zero-order valence-electron chi connectivity index (χ0n) is 17.1. The fourth-order valence-electron chi connectivity index (χ4n) is 2.87. The Hall–Kier alpha value is -2.98. The number of benzene rings is 2. The number of anilines is 1. The molecule has 10 heteroatoms. The third-order valence-electron chi connectivity index (χ3n) is 4.44. The average Bonchev–Trinajstić information content (AvgIpc) is 2.73. The van der Waals surface area contributed by atoms with E-state index in [-0.39, 0.29) is 28.6 Å². The van der Waals surface area contributed by atoms with Crippen LogP contribution in [0, 0.1) is 10.1 Å². The molecule has 0 saturated heterocycles. The minimum Gasteiger partial charge on any atom is -0.494 e. The highest BCUT2D eigenvalue weighted by molar-refractivity contribution is 7.89. The first-order valence-electron chi connectivity index (χ1n) is 9.53. The van der Waals surface area contributed by atoms with Crippen LogP contribution < -0.4 is 10.1 Å². The van der Waals surface area contributed by atoms with Gasteiger partial charge in [-0.1, -0.05) is 13.8 Å². The molecule has 0 aliphatic heterocycles. The lowest BCUT2D eigenvalue weighted by atomic mass is 10.1. The number of nitro groups is 1. The Morgan fingerprint density at radius 2 is 1.73 bits per heavy atom. The summed E-state index contributed by atoms with van der Waals surface area (Å²) in [5.74, 6) is 0.0380. The van der Waals surface area contributed by atoms with E-state index in [2.05, 4.69) is 5.32 Å². The minimum absolute atomic E-state index is 0.109. The number of ketones is 1. The van der Waals surface area contributed by atoms with Crippen LogP contribution in [0.25, 0.3) is 0 Å². The van der Waals surface area contributed by atoms with E-state index >= 15 is 0 Å². The summed E-state index contributed by atoms with van der Waals surface area (Å²) >= 11 is 0. The molecule has 0 amide bonds. The molecule has 0 bridgehead atoms. The molecule has 0 spiro atoms. The van der Waals surface area contributed by atoms with Gasteiger partial charge in [0, 0.05) is 18.7 Å². The van der Waals surface area contributed by atoms with Gasteiger partial charge in [0.05, 0.1) is 29.0 Å². The van der Waals surface area contributed by atoms with Gasteiger partial charge in [-0.15, -0.1) is 0 Å². The number of Topliss-reactive ketones (excluding diaryl/α,β-unsaturated/α-hetero) is 1. The van der Waals surface area contributed by atoms with Crippen molar-refractivity contribution in [3.8, 4) is 5.75 Å². The molecule has 2 rings (SSSR count). The topological polar surface area (TPSA) is 119 Å². The standard InChI is InChI=1S/C20H25N3O6S/c1-4-22(5-2)30(27,28)17-10-7-15(8-11-17)20(24)14-21-18-12-9-16(29-6-3)13-19(18)23(25)26/h7-13,21H,4-6,14H2,1-3H3. The van der Waals surface area contributed by atoms with E-state index < -0.39 is 14.9 Å². The SMILES string of the molecule is CCOc1ccc(NCC(=O)c2ccc(S(=O)(=O)N(CC)CC)cc2)c([N+](=O)[O-])c1. The van der Waals surface area contributed by atoms with Crippen LogP contribution in [0.5, 0.6) is 5.75 Å². The first kappa shape index (κ1) is 23.3. The highest BCUT2D eigenvalue weighted by atomic mass is 32.2. The third-order valence-corrected chi connectivity index (χ3v) is 6.50. The molecule has 0 unspecified atom stereocenters. The number of carbonyl (C=O) groups excluding carboxylic acids is 1. The lowest BCUT2D eigenvalue weighted by Gasteiger charge is -2.18. The third kappa shape index (κ3) is 5.33. The second kappa shape index (κ2) is 10.2. The molecule has 9 nitrogen and oxygen atoms in total. The molecule has 0 aromatic heterocycles. The molecule has 2 aromatic carbocycles. The van der Waals surface area contributed by atoms with Gasteiger partial charge in [0.15, 0.2) is 5.78 Å². The van der Waals surface area contributed by atoms with Gasteiger partial charge in [0.25, 0.3) is 5.69 Å². The van der Waals surface area contributed by atoms with Crippen molar-refractivity contribution in [2.75, 3.05) is 31.6 Å². The Morgan fingerprint density at radius 1 is 1.10 bits per heavy atom. The van der Waals surface area contributed by atoms with Crippen molar-refractivity contribution >= 4 is 27.2 Å². The summed E-state index contributed by atoms with van der Waals surface area (Å²) in [7, 11) is -3.60. The molecular formula is C20H25N3O6S. The van der Waals surface area contributed by atoms with Crippen LogP contribution in [0.15, 0.2) is 47.4 Å². The Bertz CT molecular complexity index is 1000. The number of nitrogens with one attached hydrogen (secondary N) is 1. The van der Waals surface area contributed by atoms with E-state index in [9.17, 15) is 23.3 Å². The van der Waals surface area contributed by atoms with Crippen molar-refractivity contribution in [1.82, 2.24) is 4.31 Å². The monoisotopic (exact) mass is 435 g/mol. The molecule has 0 fully saturated rings. The molecule has 0 aliphatic rings. The van der Waals surface area contributed by atoms with E-state index in [4.69, 9.17) is 4.74 Å². The molecule has 2 aromatic rings. The Morgan fingerprint density at radius 3 is 2.27 bits per heavy atom. The molecule has 0 heterocycles. The van der Waals surface area contributed by atoms with Crippen LogP contribution in [0.2, 0.25) is 0 Å². The number of carbonyl (C=O) groups is 1. The summed E-state index contributed by atoms with van der Waals surface area (Å²) in [6.45, 7) is 6.18. The highest BCUT2D eigenvalue weighted by Gasteiger charge is 2.22. The summed E-state index contributed by atoms with van der Waals surface area (Å²) in [4.78, 5) is 23.3. The van der Waals surface area contributed by atoms with Crippen LogP contribution >= 0.6 is 0 Å². The quantitative estimate of drug-likeness (QED) is 0.327. The van der Waals surface area contributed by atoms with E-state index in [1.807, 2.05) is 0 Å². The Balaban J connectivity index is 2.13. The van der Waals surface area contributed by atoms with Gasteiger partial charge in [-0.05, 0) is 43.3 Å². The maximum Gasteiger partial charge on any atom is 0.296 e. The molecule has 0 radical (unpaired) electrons. The number of hydrogen-bond acceptors (Lipinski definition) is 7. The van der Waals surface area contributed by atoms with Crippen LogP contribution in [0.3, 0.4) is 0 Å². The van der Waals surface area contributed by atoms with Gasteiger partial charge in [0.1, 0.15) is 11.4 Å². The largest absolute Gasteiger partial charge is 0.494 e. The molecule has 1 N–H and O–H groups in total. The maximum atomic E-state index is 12.5. The lowest BCUT2D eigenvalue weighted by Crippen LogP contribution is -2.30. The van der Waals surface area contributed by atoms with Gasteiger partial charge in [-0.2, -0.15) is 4.31 Å². The van der Waals surface area contributed by atoms with Gasteiger partial charge in [-0.3, -0.25) is 14.9 Å². The van der Waals surface area contributed by atoms with Crippen molar-refractivity contribution in [2.45, 2.75) is 25.7 Å². The first-order chi connectivity index (χ1) is 14.2. The lowest BCUT2D eigenvalue weighted by molar-refractivity contribution is -0.384. The van der Waals surface area contributed by atoms with Gasteiger partial charge < -0.3 is 10.1 Å². The summed E-state index contributed by atoms with van der Waals surface area (Å²) in [5, 5.41) is 14.1. The summed E-state index contributed by atoms with van der Waals surface area (Å²) in [5.41, 5.74) is 0.293. The second-order valence-electron chi connectivity index (χ2n) is 6.26. The summed E-state index contributed by atoms with van der Waals surface area (Å²) < 4.78 is 31.6. The first-order valence-corrected chi connectivity index (χ1v) is 11.0. The van der Waals surface area contributed by atoms with Crippen molar-refractivity contribution < 1.29 is 22.9 Å². The van der Waals surface area contributed by atoms with Crippen LogP contribution in [-0.2, 0) is 10.0 Å². The zero-order chi connectivity index (χ0) is 22.3. The highest BCUT2D eigenvalue weighted by Crippen LogP contribution is 2.29. The van der Waals surface area contributed by atoms with Crippen molar-refractivity contribution in [1.29, 1.82) is 0 Å². The fourth-order valence-corrected chi connectivity index (χ4v) is 4.33. The number of rotatable bonds is 11. The summed E-state index contributed by atoms with van der Waals surface area (Å²) in [6.07, 6.45) is 0. The van der Waals surface area contributed by atoms with Gasteiger partial charge in [-0.25, -0.2) is 8.42 Å². The van der Waals surface area contributed by atoms with E-state index in [1.165, 1.54) is 40.7 Å². The van der Waals surface area contributed by atoms with Crippen LogP contribution in [0.1, 0.15) is 31.1 Å². The molecule has 30 heavy (non-hydrogen) atoms. The van der Waals surface area contributed by atoms with Gasteiger partial charge >= 0.3 is 0 Å². The number of ether oxygens (including phenoxy) is 1. The Labute approximate surface area is 175 Å². The van der Waals surface area contributed by atoms with Gasteiger partial charge in [0.2, 0.25) is 10.0 Å². The molecule has 0 atom stereocenters. The Kier molecular flexibility index (Phi) is 7.90. The van der Waals surface area contributed by atoms with E-state index in [1.54, 1.807) is 26.8 Å². The van der Waals surface area contributed by atoms with E-state index in [0.29, 0.717) is 31.0 Å². The average molecular weight is 436 g/mol. The van der Waals surface area contributed by atoms with Crippen LogP contribution in [-0.4, -0.2) is 49.7 Å². The maximum absolute atomic E-state index is 12.5. The van der Waals surface area contributed by atoms with Crippen molar-refractivity contribution in [3.63, 3.8) is 0 Å². The van der Waals surface area contributed by atoms with Crippen molar-refractivity contribution in [2.24, 2.45) is 0 Å². The summed E-state index contributed by atoms with van der Waals surface area (Å²) in [6, 6.07) is 10.0. The number of hydrogen-bond donors (Lipinski definition) is 1.